The van der Waals surface area contributed by atoms with E-state index >= 15 is 0 Å². The molecule has 0 radical (unpaired) electrons. The first-order chi connectivity index (χ1) is 9.64. The van der Waals surface area contributed by atoms with Gasteiger partial charge in [0.15, 0.2) is 0 Å². The van der Waals surface area contributed by atoms with Gasteiger partial charge in [-0.3, -0.25) is 0 Å². The Balaban J connectivity index is 5.71. The molecule has 0 amide bonds. The van der Waals surface area contributed by atoms with Gasteiger partial charge in [-0.25, -0.2) is 0 Å². The lowest BCUT2D eigenvalue weighted by atomic mass is 9.74. The Kier molecular flexibility index (Phi) is 6.56. The SMILES string of the molecule is CCCC(C)(CC)C(F)(F)C(F)(F)OC(C)(CC)C(C)(C)C. The fraction of sp³-hybridized carbons (Fsp3) is 1.00. The molecule has 22 heavy (non-hydrogen) atoms. The zero-order valence-electron chi connectivity index (χ0n) is 15.2. The maximum atomic E-state index is 14.6. The van der Waals surface area contributed by atoms with E-state index in [1.165, 1.54) is 20.8 Å². The minimum atomic E-state index is -4.51. The largest absolute Gasteiger partial charge is 0.420 e. The molecular weight excluding hydrogens is 296 g/mol. The number of hydrogen-bond acceptors (Lipinski definition) is 1. The molecule has 0 N–H and O–H groups in total. The average Bonchev–Trinajstić information content (AvgIpc) is 2.36. The summed E-state index contributed by atoms with van der Waals surface area (Å²) in [6, 6.07) is 0. The smallest absolute Gasteiger partial charge is 0.309 e. The monoisotopic (exact) mass is 328 g/mol. The first-order valence-electron chi connectivity index (χ1n) is 8.10. The first kappa shape index (κ1) is 21.7. The minimum absolute atomic E-state index is 0.0216. The van der Waals surface area contributed by atoms with Gasteiger partial charge in [-0.15, -0.1) is 0 Å². The van der Waals surface area contributed by atoms with Crippen LogP contribution >= 0.6 is 0 Å². The van der Waals surface area contributed by atoms with E-state index in [4.69, 9.17) is 4.74 Å². The van der Waals surface area contributed by atoms with Crippen LogP contribution in [-0.2, 0) is 4.74 Å². The van der Waals surface area contributed by atoms with Crippen LogP contribution in [0, 0.1) is 10.8 Å². The van der Waals surface area contributed by atoms with Crippen molar-refractivity contribution >= 4 is 0 Å². The van der Waals surface area contributed by atoms with Crippen molar-refractivity contribution in [3.8, 4) is 0 Å². The second-order valence-corrected chi connectivity index (χ2v) is 7.69. The van der Waals surface area contributed by atoms with Crippen LogP contribution in [-0.4, -0.2) is 17.6 Å². The van der Waals surface area contributed by atoms with Crippen LogP contribution in [0.1, 0.15) is 81.1 Å². The summed E-state index contributed by atoms with van der Waals surface area (Å²) >= 11 is 0. The third kappa shape index (κ3) is 3.77. The van der Waals surface area contributed by atoms with E-state index in [-0.39, 0.29) is 19.3 Å². The Morgan fingerprint density at radius 2 is 1.23 bits per heavy atom. The summed E-state index contributed by atoms with van der Waals surface area (Å²) < 4.78 is 62.9. The molecule has 0 bridgehead atoms. The Bertz CT molecular complexity index is 362. The summed E-state index contributed by atoms with van der Waals surface area (Å²) in [7, 11) is 0. The Labute approximate surface area is 132 Å². The third-order valence-electron chi connectivity index (χ3n) is 5.32. The zero-order chi connectivity index (χ0) is 18.0. The molecule has 2 atom stereocenters. The molecule has 0 aromatic rings. The summed E-state index contributed by atoms with van der Waals surface area (Å²) in [5.41, 5.74) is -3.83. The van der Waals surface area contributed by atoms with E-state index in [2.05, 4.69) is 0 Å². The van der Waals surface area contributed by atoms with Crippen LogP contribution in [0.5, 0.6) is 0 Å². The molecule has 0 aliphatic heterocycles. The molecule has 5 heteroatoms. The van der Waals surface area contributed by atoms with E-state index in [1.807, 2.05) is 0 Å². The van der Waals surface area contributed by atoms with Gasteiger partial charge < -0.3 is 4.74 Å². The third-order valence-corrected chi connectivity index (χ3v) is 5.32. The summed E-state index contributed by atoms with van der Waals surface area (Å²) in [4.78, 5) is 0. The van der Waals surface area contributed by atoms with E-state index < -0.39 is 28.5 Å². The lowest BCUT2D eigenvalue weighted by Gasteiger charge is -2.47. The van der Waals surface area contributed by atoms with Gasteiger partial charge in [0.1, 0.15) is 0 Å². The van der Waals surface area contributed by atoms with Gasteiger partial charge in [0, 0.05) is 5.41 Å². The van der Waals surface area contributed by atoms with Gasteiger partial charge in [0.25, 0.3) is 0 Å². The van der Waals surface area contributed by atoms with Gasteiger partial charge in [-0.2, -0.15) is 17.6 Å². The second kappa shape index (κ2) is 6.66. The van der Waals surface area contributed by atoms with Gasteiger partial charge in [-0.05, 0) is 31.6 Å². The maximum absolute atomic E-state index is 14.6. The quantitative estimate of drug-likeness (QED) is 0.452. The molecule has 0 saturated carbocycles. The minimum Gasteiger partial charge on any atom is -0.309 e. The molecule has 0 aliphatic rings. The molecule has 2 unspecified atom stereocenters. The lowest BCUT2D eigenvalue weighted by molar-refractivity contribution is -0.414. The zero-order valence-corrected chi connectivity index (χ0v) is 15.2. The standard InChI is InChI=1S/C17H32F4O/c1-9-12-14(7,10-2)16(18,19)17(20,21)22-15(8,11-3)13(4,5)6/h9-12H2,1-8H3. The van der Waals surface area contributed by atoms with Crippen LogP contribution < -0.4 is 0 Å². The van der Waals surface area contributed by atoms with Crippen LogP contribution in [0.2, 0.25) is 0 Å². The van der Waals surface area contributed by atoms with E-state index in [0.717, 1.165) is 0 Å². The van der Waals surface area contributed by atoms with Crippen molar-refractivity contribution in [2.45, 2.75) is 98.7 Å². The van der Waals surface area contributed by atoms with E-state index in [9.17, 15) is 17.6 Å². The number of halogens is 4. The van der Waals surface area contributed by atoms with E-state index in [1.54, 1.807) is 34.6 Å². The fourth-order valence-corrected chi connectivity index (χ4v) is 2.56. The van der Waals surface area contributed by atoms with Crippen molar-refractivity contribution in [1.82, 2.24) is 0 Å². The Hall–Kier alpha value is -0.320. The number of rotatable bonds is 8. The van der Waals surface area contributed by atoms with Crippen LogP contribution in [0.3, 0.4) is 0 Å². The van der Waals surface area contributed by atoms with Crippen molar-refractivity contribution in [2.24, 2.45) is 10.8 Å². The second-order valence-electron chi connectivity index (χ2n) is 7.69. The normalized spacial score (nSPS) is 19.6. The first-order valence-corrected chi connectivity index (χ1v) is 8.10. The molecule has 0 rings (SSSR count). The van der Waals surface area contributed by atoms with Crippen LogP contribution in [0.25, 0.3) is 0 Å². The molecule has 0 fully saturated rings. The van der Waals surface area contributed by atoms with Crippen molar-refractivity contribution in [2.75, 3.05) is 0 Å². The number of alkyl halides is 4. The van der Waals surface area contributed by atoms with Crippen molar-refractivity contribution in [3.63, 3.8) is 0 Å². The molecular formula is C17H32F4O. The average molecular weight is 328 g/mol. The van der Waals surface area contributed by atoms with E-state index in [0.29, 0.717) is 6.42 Å². The molecule has 0 aromatic heterocycles. The highest BCUT2D eigenvalue weighted by Crippen LogP contribution is 2.54. The van der Waals surface area contributed by atoms with Crippen molar-refractivity contribution in [1.29, 1.82) is 0 Å². The summed E-state index contributed by atoms with van der Waals surface area (Å²) in [6.45, 7) is 12.7. The molecule has 0 heterocycles. The van der Waals surface area contributed by atoms with Gasteiger partial charge in [0.05, 0.1) is 5.60 Å². The predicted octanol–water partition coefficient (Wildman–Crippen LogP) is 6.66. The summed E-state index contributed by atoms with van der Waals surface area (Å²) in [5.74, 6) is -4.23. The molecule has 1 nitrogen and oxygen atoms in total. The van der Waals surface area contributed by atoms with Gasteiger partial charge >= 0.3 is 12.0 Å². The maximum Gasteiger partial charge on any atom is 0.420 e. The van der Waals surface area contributed by atoms with Crippen molar-refractivity contribution < 1.29 is 22.3 Å². The summed E-state index contributed by atoms with van der Waals surface area (Å²) in [5, 5.41) is 0. The summed E-state index contributed by atoms with van der Waals surface area (Å²) in [6.07, 6.45) is -3.89. The van der Waals surface area contributed by atoms with Gasteiger partial charge in [0.2, 0.25) is 0 Å². The highest BCUT2D eigenvalue weighted by molar-refractivity contribution is 4.97. The van der Waals surface area contributed by atoms with Crippen LogP contribution in [0.15, 0.2) is 0 Å². The van der Waals surface area contributed by atoms with Crippen LogP contribution in [0.4, 0.5) is 17.6 Å². The topological polar surface area (TPSA) is 9.23 Å². The molecule has 0 aliphatic carbocycles. The highest BCUT2D eigenvalue weighted by Gasteiger charge is 2.68. The highest BCUT2D eigenvalue weighted by atomic mass is 19.3. The van der Waals surface area contributed by atoms with Gasteiger partial charge in [-0.1, -0.05) is 54.9 Å². The van der Waals surface area contributed by atoms with Crippen molar-refractivity contribution in [3.05, 3.63) is 0 Å². The number of hydrogen-bond donors (Lipinski definition) is 0. The predicted molar refractivity (Wildman–Crippen MR) is 82.4 cm³/mol. The Morgan fingerprint density at radius 3 is 1.50 bits per heavy atom. The molecule has 0 spiro atoms. The Morgan fingerprint density at radius 1 is 0.773 bits per heavy atom. The number of ether oxygens (including phenoxy) is 1. The lowest BCUT2D eigenvalue weighted by Crippen LogP contribution is -2.58. The molecule has 134 valence electrons. The molecule has 0 saturated heterocycles. The molecule has 0 aromatic carbocycles. The fourth-order valence-electron chi connectivity index (χ4n) is 2.56.